The average molecular weight is 298 g/mol. The summed E-state index contributed by atoms with van der Waals surface area (Å²) in [5.74, 6) is 0.689. The van der Waals surface area contributed by atoms with E-state index in [1.54, 1.807) is 0 Å². The maximum atomic E-state index is 6.31. The van der Waals surface area contributed by atoms with Crippen molar-refractivity contribution in [3.63, 3.8) is 0 Å². The van der Waals surface area contributed by atoms with Crippen LogP contribution in [0.4, 0.5) is 0 Å². The normalized spacial score (nSPS) is 11.3. The van der Waals surface area contributed by atoms with E-state index in [2.05, 4.69) is 54.6 Å². The molecule has 0 saturated carbocycles. The van der Waals surface area contributed by atoms with Crippen molar-refractivity contribution in [1.29, 1.82) is 0 Å². The molecule has 0 aliphatic carbocycles. The van der Waals surface area contributed by atoms with Crippen molar-refractivity contribution in [3.8, 4) is 5.69 Å². The van der Waals surface area contributed by atoms with E-state index in [1.165, 1.54) is 22.3 Å². The van der Waals surface area contributed by atoms with Gasteiger partial charge in [-0.25, -0.2) is 9.97 Å². The molecule has 0 aliphatic heterocycles. The van der Waals surface area contributed by atoms with Crippen LogP contribution in [0.25, 0.3) is 16.7 Å². The van der Waals surface area contributed by atoms with E-state index in [9.17, 15) is 0 Å². The Morgan fingerprint density at radius 2 is 1.62 bits per heavy atom. The lowest BCUT2D eigenvalue weighted by Gasteiger charge is -2.13. The molecule has 0 atom stereocenters. The van der Waals surface area contributed by atoms with Gasteiger partial charge in [-0.15, -0.1) is 0 Å². The van der Waals surface area contributed by atoms with Crippen molar-refractivity contribution in [3.05, 3.63) is 46.0 Å². The Balaban J connectivity index is 2.42. The number of aromatic nitrogens is 3. The highest BCUT2D eigenvalue weighted by Crippen LogP contribution is 2.30. The number of hydrogen-bond donors (Lipinski definition) is 0. The standard InChI is InChI=1S/C16H17BClN3/c1-8-5-12(17)6-9(2)14(8)21-7-10(3)13-15(18)19-11(4)20-16(13)21/h5-7H,17H2,1-4H3. The molecule has 0 amide bonds. The number of fused-ring (bicyclic) bond motifs is 1. The van der Waals surface area contributed by atoms with Crippen molar-refractivity contribution >= 4 is 35.9 Å². The lowest BCUT2D eigenvalue weighted by Crippen LogP contribution is -2.09. The van der Waals surface area contributed by atoms with Gasteiger partial charge in [0.25, 0.3) is 0 Å². The minimum absolute atomic E-state index is 0.524. The Hall–Kier alpha value is -1.81. The molecule has 21 heavy (non-hydrogen) atoms. The molecule has 3 aromatic rings. The van der Waals surface area contributed by atoms with Crippen LogP contribution in [0.5, 0.6) is 0 Å². The van der Waals surface area contributed by atoms with Gasteiger partial charge in [-0.3, -0.25) is 0 Å². The molecule has 0 spiro atoms. The molecule has 0 saturated heterocycles. The highest BCUT2D eigenvalue weighted by atomic mass is 35.5. The largest absolute Gasteiger partial charge is 0.300 e. The predicted molar refractivity (Wildman–Crippen MR) is 91.0 cm³/mol. The van der Waals surface area contributed by atoms with Crippen LogP contribution >= 0.6 is 11.6 Å². The molecule has 2 aromatic heterocycles. The topological polar surface area (TPSA) is 30.7 Å². The molecule has 0 radical (unpaired) electrons. The summed E-state index contributed by atoms with van der Waals surface area (Å²) in [5, 5.41) is 1.46. The van der Waals surface area contributed by atoms with Crippen molar-refractivity contribution in [1.82, 2.24) is 14.5 Å². The van der Waals surface area contributed by atoms with Crippen LogP contribution in [-0.4, -0.2) is 22.4 Å². The summed E-state index contributed by atoms with van der Waals surface area (Å²) in [4.78, 5) is 8.88. The molecule has 0 aliphatic rings. The van der Waals surface area contributed by atoms with Crippen LogP contribution in [0.3, 0.4) is 0 Å². The summed E-state index contributed by atoms with van der Waals surface area (Å²) in [6.45, 7) is 8.17. The molecule has 3 nitrogen and oxygen atoms in total. The highest BCUT2D eigenvalue weighted by Gasteiger charge is 2.16. The number of aryl methyl sites for hydroxylation is 4. The minimum Gasteiger partial charge on any atom is -0.300 e. The molecule has 0 bridgehead atoms. The third-order valence-electron chi connectivity index (χ3n) is 3.78. The number of halogens is 1. The Labute approximate surface area is 130 Å². The Kier molecular flexibility index (Phi) is 3.29. The molecule has 5 heteroatoms. The molecule has 1 aromatic carbocycles. The summed E-state index contributed by atoms with van der Waals surface area (Å²) < 4.78 is 2.13. The summed E-state index contributed by atoms with van der Waals surface area (Å²) in [6, 6.07) is 4.39. The molecule has 0 fully saturated rings. The third kappa shape index (κ3) is 2.24. The van der Waals surface area contributed by atoms with E-state index in [-0.39, 0.29) is 0 Å². The van der Waals surface area contributed by atoms with Crippen molar-refractivity contribution in [2.24, 2.45) is 0 Å². The van der Waals surface area contributed by atoms with Crippen LogP contribution in [0.2, 0.25) is 5.15 Å². The van der Waals surface area contributed by atoms with E-state index in [0.717, 1.165) is 16.6 Å². The minimum atomic E-state index is 0.524. The lowest BCUT2D eigenvalue weighted by atomic mass is 9.91. The molecule has 0 unspecified atom stereocenters. The maximum Gasteiger partial charge on any atom is 0.150 e. The number of benzene rings is 1. The molecule has 2 heterocycles. The van der Waals surface area contributed by atoms with Crippen molar-refractivity contribution in [2.75, 3.05) is 0 Å². The van der Waals surface area contributed by atoms with Gasteiger partial charge in [0.2, 0.25) is 0 Å². The molecule has 0 N–H and O–H groups in total. The van der Waals surface area contributed by atoms with Crippen LogP contribution in [-0.2, 0) is 0 Å². The number of nitrogens with zero attached hydrogens (tertiary/aromatic N) is 3. The zero-order chi connectivity index (χ0) is 15.3. The smallest absolute Gasteiger partial charge is 0.150 e. The highest BCUT2D eigenvalue weighted by molar-refractivity contribution is 6.34. The van der Waals surface area contributed by atoms with Gasteiger partial charge < -0.3 is 4.57 Å². The fourth-order valence-corrected chi connectivity index (χ4v) is 3.44. The SMILES string of the molecule is Bc1cc(C)c(-n2cc(C)c3c(Cl)nc(C)nc32)c(C)c1. The van der Waals surface area contributed by atoms with Crippen LogP contribution in [0, 0.1) is 27.7 Å². The van der Waals surface area contributed by atoms with Gasteiger partial charge in [0.1, 0.15) is 24.5 Å². The van der Waals surface area contributed by atoms with E-state index >= 15 is 0 Å². The summed E-state index contributed by atoms with van der Waals surface area (Å²) in [7, 11) is 2.12. The van der Waals surface area contributed by atoms with Gasteiger partial charge in [0, 0.05) is 6.20 Å². The molecular formula is C16H17BClN3. The number of rotatable bonds is 1. The second kappa shape index (κ2) is 4.88. The zero-order valence-corrected chi connectivity index (χ0v) is 13.7. The molecule has 106 valence electrons. The second-order valence-corrected chi connectivity index (χ2v) is 6.05. The van der Waals surface area contributed by atoms with E-state index in [1.807, 2.05) is 13.8 Å². The Bertz CT molecular complexity index is 845. The van der Waals surface area contributed by atoms with Crippen molar-refractivity contribution < 1.29 is 0 Å². The molecular weight excluding hydrogens is 280 g/mol. The lowest BCUT2D eigenvalue weighted by molar-refractivity contribution is 1.01. The third-order valence-corrected chi connectivity index (χ3v) is 4.05. The summed E-state index contributed by atoms with van der Waals surface area (Å²) in [5.41, 5.74) is 6.88. The first kappa shape index (κ1) is 14.1. The monoisotopic (exact) mass is 297 g/mol. The first-order valence-electron chi connectivity index (χ1n) is 6.98. The fraction of sp³-hybridized carbons (Fsp3) is 0.250. The Morgan fingerprint density at radius 1 is 1.00 bits per heavy atom. The quantitative estimate of drug-likeness (QED) is 0.510. The van der Waals surface area contributed by atoms with Gasteiger partial charge in [-0.05, 0) is 44.4 Å². The molecule has 3 rings (SSSR count). The van der Waals surface area contributed by atoms with Gasteiger partial charge in [-0.2, -0.15) is 0 Å². The van der Waals surface area contributed by atoms with E-state index in [0.29, 0.717) is 11.0 Å². The first-order valence-corrected chi connectivity index (χ1v) is 7.36. The fourth-order valence-electron chi connectivity index (χ4n) is 3.08. The zero-order valence-electron chi connectivity index (χ0n) is 13.0. The van der Waals surface area contributed by atoms with Crippen LogP contribution in [0.15, 0.2) is 18.3 Å². The summed E-state index contributed by atoms with van der Waals surface area (Å²) in [6.07, 6.45) is 2.09. The van der Waals surface area contributed by atoms with Gasteiger partial charge in [-0.1, -0.05) is 29.2 Å². The first-order chi connectivity index (χ1) is 9.88. The maximum absolute atomic E-state index is 6.31. The van der Waals surface area contributed by atoms with E-state index < -0.39 is 0 Å². The van der Waals surface area contributed by atoms with Gasteiger partial charge >= 0.3 is 0 Å². The van der Waals surface area contributed by atoms with Gasteiger partial charge in [0.15, 0.2) is 0 Å². The Morgan fingerprint density at radius 3 is 2.24 bits per heavy atom. The van der Waals surface area contributed by atoms with Gasteiger partial charge in [0.05, 0.1) is 11.1 Å². The summed E-state index contributed by atoms with van der Waals surface area (Å²) >= 11 is 6.31. The predicted octanol–water partition coefficient (Wildman–Crippen LogP) is 2.57. The second-order valence-electron chi connectivity index (χ2n) is 5.69. The van der Waals surface area contributed by atoms with E-state index in [4.69, 9.17) is 11.6 Å². The number of hydrogen-bond acceptors (Lipinski definition) is 2. The van der Waals surface area contributed by atoms with Crippen LogP contribution in [0.1, 0.15) is 22.5 Å². The average Bonchev–Trinajstić information content (AvgIpc) is 2.65. The van der Waals surface area contributed by atoms with Crippen molar-refractivity contribution in [2.45, 2.75) is 27.7 Å². The van der Waals surface area contributed by atoms with Crippen LogP contribution < -0.4 is 5.46 Å².